The summed E-state index contributed by atoms with van der Waals surface area (Å²) in [7, 11) is -3.24. The number of nitrogens with zero attached hydrogens (tertiary/aromatic N) is 2. The van der Waals surface area contributed by atoms with E-state index in [2.05, 4.69) is 10.2 Å². The molecule has 0 bridgehead atoms. The van der Waals surface area contributed by atoms with Crippen molar-refractivity contribution in [2.24, 2.45) is 0 Å². The molecule has 1 aromatic carbocycles. The quantitative estimate of drug-likeness (QED) is 0.861. The summed E-state index contributed by atoms with van der Waals surface area (Å²) in [5.41, 5.74) is 0.611. The Morgan fingerprint density at radius 1 is 1.24 bits per heavy atom. The van der Waals surface area contributed by atoms with E-state index in [0.717, 1.165) is 6.26 Å². The average molecular weight is 310 g/mol. The number of benzene rings is 1. The molecule has 0 aliphatic carbocycles. The van der Waals surface area contributed by atoms with Crippen LogP contribution in [0.3, 0.4) is 0 Å². The predicted molar refractivity (Wildman–Crippen MR) is 73.4 cm³/mol. The van der Waals surface area contributed by atoms with Gasteiger partial charge in [-0.15, -0.1) is 10.2 Å². The fraction of sp³-hybridized carbons (Fsp3) is 0.308. The molecule has 7 nitrogen and oxygen atoms in total. The van der Waals surface area contributed by atoms with Gasteiger partial charge in [0.25, 0.3) is 0 Å². The molecule has 2 rings (SSSR count). The van der Waals surface area contributed by atoms with Gasteiger partial charge >= 0.3 is 5.97 Å². The molecule has 0 atom stereocenters. The summed E-state index contributed by atoms with van der Waals surface area (Å²) in [5, 5.41) is 16.2. The second kappa shape index (κ2) is 6.04. The van der Waals surface area contributed by atoms with Gasteiger partial charge in [0.15, 0.2) is 9.84 Å². The molecular weight excluding hydrogens is 296 g/mol. The van der Waals surface area contributed by atoms with Gasteiger partial charge in [0, 0.05) is 24.7 Å². The first-order valence-corrected chi connectivity index (χ1v) is 8.10. The third-order valence-corrected chi connectivity index (χ3v) is 3.91. The largest absolute Gasteiger partial charge is 0.481 e. The van der Waals surface area contributed by atoms with E-state index in [1.165, 1.54) is 12.1 Å². The molecule has 0 aliphatic heterocycles. The topological polar surface area (TPSA) is 110 Å². The van der Waals surface area contributed by atoms with Gasteiger partial charge in [-0.05, 0) is 30.7 Å². The first kappa shape index (κ1) is 15.2. The van der Waals surface area contributed by atoms with Crippen molar-refractivity contribution in [3.8, 4) is 11.5 Å². The Balaban J connectivity index is 2.09. The lowest BCUT2D eigenvalue weighted by Gasteiger charge is -1.99. The Labute approximate surface area is 121 Å². The molecule has 0 fully saturated rings. The number of aryl methyl sites for hydroxylation is 1. The maximum atomic E-state index is 11.4. The lowest BCUT2D eigenvalue weighted by atomic mass is 10.2. The van der Waals surface area contributed by atoms with E-state index in [-0.39, 0.29) is 17.2 Å². The van der Waals surface area contributed by atoms with Gasteiger partial charge in [0.05, 0.1) is 4.90 Å². The van der Waals surface area contributed by atoms with Crippen LogP contribution < -0.4 is 0 Å². The molecule has 0 spiro atoms. The van der Waals surface area contributed by atoms with Crippen molar-refractivity contribution in [2.45, 2.75) is 24.2 Å². The number of hydrogen-bond acceptors (Lipinski definition) is 6. The minimum atomic E-state index is -3.24. The van der Waals surface area contributed by atoms with Crippen molar-refractivity contribution in [1.29, 1.82) is 0 Å². The van der Waals surface area contributed by atoms with E-state index >= 15 is 0 Å². The number of carboxylic acid groups (broad SMARTS) is 1. The molecule has 8 heteroatoms. The van der Waals surface area contributed by atoms with E-state index in [1.807, 2.05) is 0 Å². The monoisotopic (exact) mass is 310 g/mol. The molecule has 21 heavy (non-hydrogen) atoms. The van der Waals surface area contributed by atoms with Crippen LogP contribution in [0.4, 0.5) is 0 Å². The van der Waals surface area contributed by atoms with Crippen LogP contribution in [-0.2, 0) is 21.1 Å². The Morgan fingerprint density at radius 3 is 2.48 bits per heavy atom. The molecule has 1 aromatic heterocycles. The number of carbonyl (C=O) groups is 1. The molecule has 0 radical (unpaired) electrons. The normalized spacial score (nSPS) is 11.5. The fourth-order valence-corrected chi connectivity index (χ4v) is 2.34. The first-order chi connectivity index (χ1) is 9.86. The highest BCUT2D eigenvalue weighted by Crippen LogP contribution is 2.20. The molecule has 1 heterocycles. The van der Waals surface area contributed by atoms with Crippen molar-refractivity contribution >= 4 is 15.8 Å². The number of sulfone groups is 1. The Bertz CT molecular complexity index is 734. The smallest absolute Gasteiger partial charge is 0.303 e. The highest BCUT2D eigenvalue weighted by Gasteiger charge is 2.11. The maximum Gasteiger partial charge on any atom is 0.303 e. The van der Waals surface area contributed by atoms with Crippen LogP contribution in [-0.4, -0.2) is 35.9 Å². The van der Waals surface area contributed by atoms with E-state index < -0.39 is 15.8 Å². The lowest BCUT2D eigenvalue weighted by molar-refractivity contribution is -0.137. The fourth-order valence-electron chi connectivity index (χ4n) is 1.71. The molecule has 0 aliphatic rings. The number of rotatable bonds is 6. The summed E-state index contributed by atoms with van der Waals surface area (Å²) >= 11 is 0. The minimum Gasteiger partial charge on any atom is -0.481 e. The summed E-state index contributed by atoms with van der Waals surface area (Å²) in [6.45, 7) is 0. The number of carboxylic acids is 1. The lowest BCUT2D eigenvalue weighted by Crippen LogP contribution is -1.96. The second-order valence-electron chi connectivity index (χ2n) is 4.54. The SMILES string of the molecule is CS(=O)(=O)c1ccc(-c2nnc(CCCC(=O)O)o2)cc1. The van der Waals surface area contributed by atoms with E-state index in [9.17, 15) is 13.2 Å². The van der Waals surface area contributed by atoms with Gasteiger partial charge in [-0.3, -0.25) is 4.79 Å². The molecular formula is C13H14N2O5S. The highest BCUT2D eigenvalue weighted by atomic mass is 32.2. The van der Waals surface area contributed by atoms with Crippen molar-refractivity contribution in [2.75, 3.05) is 6.26 Å². The first-order valence-electron chi connectivity index (χ1n) is 6.21. The third-order valence-electron chi connectivity index (χ3n) is 2.78. The van der Waals surface area contributed by atoms with Gasteiger partial charge in [-0.25, -0.2) is 8.42 Å². The molecule has 1 N–H and O–H groups in total. The van der Waals surface area contributed by atoms with Crippen molar-refractivity contribution in [3.63, 3.8) is 0 Å². The predicted octanol–water partition coefficient (Wildman–Crippen LogP) is 1.55. The van der Waals surface area contributed by atoms with Gasteiger partial charge in [-0.2, -0.15) is 0 Å². The van der Waals surface area contributed by atoms with Gasteiger partial charge in [0.1, 0.15) is 0 Å². The minimum absolute atomic E-state index is 0.0424. The van der Waals surface area contributed by atoms with Crippen LogP contribution in [0.25, 0.3) is 11.5 Å². The van der Waals surface area contributed by atoms with E-state index in [1.54, 1.807) is 12.1 Å². The van der Waals surface area contributed by atoms with Crippen LogP contribution >= 0.6 is 0 Å². The highest BCUT2D eigenvalue weighted by molar-refractivity contribution is 7.90. The van der Waals surface area contributed by atoms with Gasteiger partial charge in [0.2, 0.25) is 11.8 Å². The summed E-state index contributed by atoms with van der Waals surface area (Å²) in [6.07, 6.45) is 1.99. The molecule has 0 saturated carbocycles. The number of aromatic nitrogens is 2. The van der Waals surface area contributed by atoms with Crippen LogP contribution in [0.1, 0.15) is 18.7 Å². The summed E-state index contributed by atoms with van der Waals surface area (Å²) < 4.78 is 28.1. The molecule has 0 amide bonds. The summed E-state index contributed by atoms with van der Waals surface area (Å²) in [5.74, 6) is -0.232. The number of hydrogen-bond donors (Lipinski definition) is 1. The molecule has 0 saturated heterocycles. The van der Waals surface area contributed by atoms with Crippen molar-refractivity contribution in [1.82, 2.24) is 10.2 Å². The summed E-state index contributed by atoms with van der Waals surface area (Å²) in [4.78, 5) is 10.6. The Hall–Kier alpha value is -2.22. The summed E-state index contributed by atoms with van der Waals surface area (Å²) in [6, 6.07) is 6.12. The van der Waals surface area contributed by atoms with Gasteiger partial charge in [-0.1, -0.05) is 0 Å². The zero-order chi connectivity index (χ0) is 15.5. The standard InChI is InChI=1S/C13H14N2O5S/c1-21(18,19)10-7-5-9(6-8-10)13-15-14-11(20-13)3-2-4-12(16)17/h5-8H,2-4H2,1H3,(H,16,17). The van der Waals surface area contributed by atoms with Crippen LogP contribution in [0.2, 0.25) is 0 Å². The van der Waals surface area contributed by atoms with Gasteiger partial charge < -0.3 is 9.52 Å². The van der Waals surface area contributed by atoms with Crippen LogP contribution in [0.15, 0.2) is 33.6 Å². The Kier molecular flexibility index (Phi) is 4.37. The van der Waals surface area contributed by atoms with Crippen molar-refractivity contribution < 1.29 is 22.7 Å². The average Bonchev–Trinajstić information content (AvgIpc) is 2.86. The zero-order valence-electron chi connectivity index (χ0n) is 11.3. The van der Waals surface area contributed by atoms with E-state index in [0.29, 0.717) is 24.3 Å². The Morgan fingerprint density at radius 2 is 1.90 bits per heavy atom. The zero-order valence-corrected chi connectivity index (χ0v) is 12.1. The molecule has 2 aromatic rings. The van der Waals surface area contributed by atoms with Crippen molar-refractivity contribution in [3.05, 3.63) is 30.2 Å². The van der Waals surface area contributed by atoms with E-state index in [4.69, 9.17) is 9.52 Å². The third kappa shape index (κ3) is 4.12. The maximum absolute atomic E-state index is 11.4. The van der Waals surface area contributed by atoms with Crippen LogP contribution in [0.5, 0.6) is 0 Å². The van der Waals surface area contributed by atoms with Crippen LogP contribution in [0, 0.1) is 0 Å². The molecule has 0 unspecified atom stereocenters. The second-order valence-corrected chi connectivity index (χ2v) is 6.56. The number of aliphatic carboxylic acids is 1. The molecule has 112 valence electrons.